The number of halogens is 4. The zero-order chi connectivity index (χ0) is 13.9. The van der Waals surface area contributed by atoms with Gasteiger partial charge in [-0.2, -0.15) is 13.2 Å². The lowest BCUT2D eigenvalue weighted by Crippen LogP contribution is -2.15. The standard InChI is InChI=1S/C13H17F4N/c1-8(2)3-6-12(18)10-7-9(13(15,16)17)4-5-11(10)14/h4-5,7-8,12H,3,6,18H2,1-2H3/t12-/m0/s1. The Morgan fingerprint density at radius 2 is 1.78 bits per heavy atom. The molecule has 2 N–H and O–H groups in total. The van der Waals surface area contributed by atoms with E-state index in [-0.39, 0.29) is 5.56 Å². The highest BCUT2D eigenvalue weighted by atomic mass is 19.4. The number of alkyl halides is 3. The molecule has 0 aliphatic heterocycles. The van der Waals surface area contributed by atoms with E-state index in [9.17, 15) is 17.6 Å². The van der Waals surface area contributed by atoms with Crippen LogP contribution in [0.4, 0.5) is 17.6 Å². The van der Waals surface area contributed by atoms with Crippen molar-refractivity contribution in [1.29, 1.82) is 0 Å². The topological polar surface area (TPSA) is 26.0 Å². The minimum Gasteiger partial charge on any atom is -0.324 e. The van der Waals surface area contributed by atoms with Crippen LogP contribution in [0.1, 0.15) is 43.9 Å². The summed E-state index contributed by atoms with van der Waals surface area (Å²) in [4.78, 5) is 0. The summed E-state index contributed by atoms with van der Waals surface area (Å²) < 4.78 is 51.0. The second-order valence-electron chi connectivity index (χ2n) is 4.81. The Kier molecular flexibility index (Phi) is 4.73. The number of benzene rings is 1. The number of nitrogens with two attached hydrogens (primary N) is 1. The molecule has 1 aromatic carbocycles. The van der Waals surface area contributed by atoms with E-state index in [0.717, 1.165) is 24.6 Å². The van der Waals surface area contributed by atoms with E-state index in [0.29, 0.717) is 12.3 Å². The largest absolute Gasteiger partial charge is 0.416 e. The van der Waals surface area contributed by atoms with E-state index in [1.54, 1.807) is 0 Å². The van der Waals surface area contributed by atoms with Crippen LogP contribution in [-0.4, -0.2) is 0 Å². The normalized spacial score (nSPS) is 14.0. The molecule has 102 valence electrons. The third kappa shape index (κ3) is 3.98. The van der Waals surface area contributed by atoms with Crippen LogP contribution in [0.5, 0.6) is 0 Å². The molecule has 18 heavy (non-hydrogen) atoms. The van der Waals surface area contributed by atoms with Gasteiger partial charge in [-0.05, 0) is 37.0 Å². The van der Waals surface area contributed by atoms with Gasteiger partial charge in [0, 0.05) is 11.6 Å². The molecule has 1 aromatic rings. The highest BCUT2D eigenvalue weighted by molar-refractivity contribution is 5.29. The molecule has 0 aliphatic rings. The Bertz CT molecular complexity index is 398. The van der Waals surface area contributed by atoms with Crippen molar-refractivity contribution < 1.29 is 17.6 Å². The second kappa shape index (κ2) is 5.69. The average molecular weight is 263 g/mol. The fourth-order valence-electron chi connectivity index (χ4n) is 1.67. The van der Waals surface area contributed by atoms with E-state index >= 15 is 0 Å². The van der Waals surface area contributed by atoms with Crippen LogP contribution < -0.4 is 5.73 Å². The van der Waals surface area contributed by atoms with Crippen molar-refractivity contribution in [1.82, 2.24) is 0 Å². The van der Waals surface area contributed by atoms with Gasteiger partial charge in [-0.1, -0.05) is 13.8 Å². The van der Waals surface area contributed by atoms with E-state index < -0.39 is 23.6 Å². The fourth-order valence-corrected chi connectivity index (χ4v) is 1.67. The molecule has 0 aromatic heterocycles. The van der Waals surface area contributed by atoms with Crippen LogP contribution in [0.15, 0.2) is 18.2 Å². The van der Waals surface area contributed by atoms with Gasteiger partial charge in [-0.25, -0.2) is 4.39 Å². The van der Waals surface area contributed by atoms with E-state index in [1.165, 1.54) is 0 Å². The van der Waals surface area contributed by atoms with Crippen molar-refractivity contribution in [2.75, 3.05) is 0 Å². The molecule has 0 amide bonds. The van der Waals surface area contributed by atoms with Gasteiger partial charge in [-0.3, -0.25) is 0 Å². The fraction of sp³-hybridized carbons (Fsp3) is 0.538. The minimum absolute atomic E-state index is 0.0644. The van der Waals surface area contributed by atoms with Crippen LogP contribution >= 0.6 is 0 Å². The zero-order valence-electron chi connectivity index (χ0n) is 10.4. The Balaban J connectivity index is 2.93. The summed E-state index contributed by atoms with van der Waals surface area (Å²) in [5.41, 5.74) is 4.82. The summed E-state index contributed by atoms with van der Waals surface area (Å²) >= 11 is 0. The van der Waals surface area contributed by atoms with Crippen LogP contribution in [0.3, 0.4) is 0 Å². The Hall–Kier alpha value is -1.10. The summed E-state index contributed by atoms with van der Waals surface area (Å²) in [5.74, 6) is -0.302. The lowest BCUT2D eigenvalue weighted by molar-refractivity contribution is -0.137. The summed E-state index contributed by atoms with van der Waals surface area (Å²) in [5, 5.41) is 0. The molecule has 5 heteroatoms. The van der Waals surface area contributed by atoms with E-state index in [1.807, 2.05) is 13.8 Å². The zero-order valence-corrected chi connectivity index (χ0v) is 10.4. The van der Waals surface area contributed by atoms with Gasteiger partial charge in [0.1, 0.15) is 5.82 Å². The Labute approximate surface area is 104 Å². The van der Waals surface area contributed by atoms with Gasteiger partial charge >= 0.3 is 6.18 Å². The first-order valence-corrected chi connectivity index (χ1v) is 5.84. The van der Waals surface area contributed by atoms with E-state index in [2.05, 4.69) is 0 Å². The van der Waals surface area contributed by atoms with Crippen molar-refractivity contribution in [2.24, 2.45) is 11.7 Å². The summed E-state index contributed by atoms with van der Waals surface area (Å²) in [6, 6.07) is 1.66. The molecule has 0 unspecified atom stereocenters. The molecule has 0 radical (unpaired) electrons. The third-order valence-electron chi connectivity index (χ3n) is 2.78. The summed E-state index contributed by atoms with van der Waals surface area (Å²) in [7, 11) is 0. The molecule has 0 saturated heterocycles. The molecule has 0 saturated carbocycles. The lowest BCUT2D eigenvalue weighted by Gasteiger charge is -2.16. The Morgan fingerprint density at radius 3 is 2.28 bits per heavy atom. The molecule has 0 bridgehead atoms. The highest BCUT2D eigenvalue weighted by Crippen LogP contribution is 2.32. The molecular formula is C13H17F4N. The van der Waals surface area contributed by atoms with Gasteiger partial charge in [0.2, 0.25) is 0 Å². The molecule has 0 aliphatic carbocycles. The molecule has 1 atom stereocenters. The first-order valence-electron chi connectivity index (χ1n) is 5.84. The highest BCUT2D eigenvalue weighted by Gasteiger charge is 2.31. The number of rotatable bonds is 4. The first kappa shape index (κ1) is 15.0. The van der Waals surface area contributed by atoms with Crippen LogP contribution in [0.2, 0.25) is 0 Å². The maximum atomic E-state index is 13.5. The van der Waals surface area contributed by atoms with Gasteiger partial charge < -0.3 is 5.73 Å². The van der Waals surface area contributed by atoms with Crippen molar-refractivity contribution in [2.45, 2.75) is 38.9 Å². The quantitative estimate of drug-likeness (QED) is 0.806. The van der Waals surface area contributed by atoms with E-state index in [4.69, 9.17) is 5.73 Å². The van der Waals surface area contributed by atoms with Crippen molar-refractivity contribution >= 4 is 0 Å². The molecule has 0 spiro atoms. The van der Waals surface area contributed by atoms with Gasteiger partial charge in [0.15, 0.2) is 0 Å². The molecular weight excluding hydrogens is 246 g/mol. The van der Waals surface area contributed by atoms with Crippen molar-refractivity contribution in [3.05, 3.63) is 35.1 Å². The maximum absolute atomic E-state index is 13.5. The van der Waals surface area contributed by atoms with Crippen LogP contribution in [-0.2, 0) is 6.18 Å². The first-order chi connectivity index (χ1) is 8.21. The number of hydrogen-bond donors (Lipinski definition) is 1. The molecule has 0 heterocycles. The second-order valence-corrected chi connectivity index (χ2v) is 4.81. The Morgan fingerprint density at radius 1 is 1.17 bits per heavy atom. The monoisotopic (exact) mass is 263 g/mol. The lowest BCUT2D eigenvalue weighted by atomic mass is 9.96. The predicted octanol–water partition coefficient (Wildman–Crippen LogP) is 4.28. The van der Waals surface area contributed by atoms with Gasteiger partial charge in [0.25, 0.3) is 0 Å². The third-order valence-corrected chi connectivity index (χ3v) is 2.78. The van der Waals surface area contributed by atoms with Crippen molar-refractivity contribution in [3.8, 4) is 0 Å². The molecule has 1 rings (SSSR count). The molecule has 1 nitrogen and oxygen atoms in total. The van der Waals surface area contributed by atoms with Crippen LogP contribution in [0, 0.1) is 11.7 Å². The minimum atomic E-state index is -4.47. The van der Waals surface area contributed by atoms with Gasteiger partial charge in [-0.15, -0.1) is 0 Å². The van der Waals surface area contributed by atoms with Gasteiger partial charge in [0.05, 0.1) is 5.56 Å². The maximum Gasteiger partial charge on any atom is 0.416 e. The molecule has 0 fully saturated rings. The smallest absolute Gasteiger partial charge is 0.324 e. The average Bonchev–Trinajstić information content (AvgIpc) is 2.24. The van der Waals surface area contributed by atoms with Crippen molar-refractivity contribution in [3.63, 3.8) is 0 Å². The van der Waals surface area contributed by atoms with Crippen LogP contribution in [0.25, 0.3) is 0 Å². The predicted molar refractivity (Wildman–Crippen MR) is 62.4 cm³/mol. The number of hydrogen-bond acceptors (Lipinski definition) is 1. The summed E-state index contributed by atoms with van der Waals surface area (Å²) in [6.45, 7) is 3.96. The SMILES string of the molecule is CC(C)CC[C@H](N)c1cc(C(F)(F)F)ccc1F. The summed E-state index contributed by atoms with van der Waals surface area (Å²) in [6.07, 6.45) is -3.26.